The summed E-state index contributed by atoms with van der Waals surface area (Å²) < 4.78 is 67.5. The zero-order valence-corrected chi connectivity index (χ0v) is 28.3. The summed E-state index contributed by atoms with van der Waals surface area (Å²) in [6, 6.07) is 13.7. The van der Waals surface area contributed by atoms with Gasteiger partial charge in [0.2, 0.25) is 0 Å². The van der Waals surface area contributed by atoms with Gasteiger partial charge in [-0.2, -0.15) is 0 Å². The number of aryl methyl sites for hydroxylation is 1. The third-order valence-corrected chi connectivity index (χ3v) is 9.99. The number of amides is 1. The molecule has 0 radical (unpaired) electrons. The first-order valence-electron chi connectivity index (χ1n) is 16.2. The van der Waals surface area contributed by atoms with Gasteiger partial charge in [0.15, 0.2) is 0 Å². The molecule has 0 spiro atoms. The van der Waals surface area contributed by atoms with E-state index in [-0.39, 0.29) is 23.0 Å². The van der Waals surface area contributed by atoms with Crippen LogP contribution in [0, 0.1) is 11.6 Å². The number of hydrogen-bond donors (Lipinski definition) is 2. The highest BCUT2D eigenvalue weighted by molar-refractivity contribution is 7.92. The number of aromatic nitrogens is 4. The van der Waals surface area contributed by atoms with E-state index in [1.807, 2.05) is 4.72 Å². The van der Waals surface area contributed by atoms with Crippen molar-refractivity contribution in [2.75, 3.05) is 4.72 Å². The van der Waals surface area contributed by atoms with E-state index in [1.54, 1.807) is 54.6 Å². The highest BCUT2D eigenvalue weighted by Crippen LogP contribution is 2.26. The number of benzene rings is 3. The van der Waals surface area contributed by atoms with Gasteiger partial charge in [-0.15, -0.1) is 0 Å². The van der Waals surface area contributed by atoms with E-state index in [4.69, 9.17) is 4.74 Å². The van der Waals surface area contributed by atoms with Crippen LogP contribution in [0.15, 0.2) is 101 Å². The monoisotopic (exact) mass is 716 g/mol. The van der Waals surface area contributed by atoms with Gasteiger partial charge in [-0.05, 0) is 67.1 Å². The summed E-state index contributed by atoms with van der Waals surface area (Å²) in [6.07, 6.45) is 9.88. The third kappa shape index (κ3) is 8.20. The number of ether oxygens (including phenoxy) is 1. The Bertz CT molecular complexity index is 2200. The Balaban J connectivity index is 1.19. The maximum absolute atomic E-state index is 15.4. The molecule has 15 heteroatoms. The summed E-state index contributed by atoms with van der Waals surface area (Å²) in [4.78, 5) is 46.6. The van der Waals surface area contributed by atoms with Crippen molar-refractivity contribution in [3.63, 3.8) is 0 Å². The van der Waals surface area contributed by atoms with E-state index in [1.165, 1.54) is 41.3 Å². The Hall–Kier alpha value is -5.70. The summed E-state index contributed by atoms with van der Waals surface area (Å²) in [5, 5.41) is 2.48. The molecule has 1 fully saturated rings. The van der Waals surface area contributed by atoms with Gasteiger partial charge in [0.05, 0.1) is 21.8 Å². The zero-order chi connectivity index (χ0) is 36.1. The standard InChI is InChI=1S/C36H34F2N6O6S/c1-43-16-15-34(45)44(43)26-11-7-23(8-12-26)17-33(36(47)50-27-5-3-2-4-6-27)41-35(46)29-18-31(38)32(19-30(29)37)42-51(48,49)28-13-9-24(10-14-28)25-20-39-22-40-21-25/h7-16,18-22,27,33,42H,2-6,17H2,1H3,(H,41,46)/t33-/m0/s1. The van der Waals surface area contributed by atoms with Gasteiger partial charge in [0.25, 0.3) is 21.5 Å². The Morgan fingerprint density at radius 2 is 1.61 bits per heavy atom. The molecule has 1 amide bonds. The van der Waals surface area contributed by atoms with E-state index in [2.05, 4.69) is 15.3 Å². The van der Waals surface area contributed by atoms with Gasteiger partial charge >= 0.3 is 5.97 Å². The van der Waals surface area contributed by atoms with Gasteiger partial charge < -0.3 is 10.1 Å². The second-order valence-electron chi connectivity index (χ2n) is 12.2. The molecule has 12 nitrogen and oxygen atoms in total. The number of nitrogens with one attached hydrogen (secondary N) is 2. The molecular weight excluding hydrogens is 682 g/mol. The predicted molar refractivity (Wildman–Crippen MR) is 184 cm³/mol. The summed E-state index contributed by atoms with van der Waals surface area (Å²) in [5.41, 5.74) is 0.799. The van der Waals surface area contributed by atoms with Crippen LogP contribution in [0.25, 0.3) is 16.8 Å². The summed E-state index contributed by atoms with van der Waals surface area (Å²) in [5.74, 6) is -4.26. The van der Waals surface area contributed by atoms with Crippen LogP contribution in [0.3, 0.4) is 0 Å². The summed E-state index contributed by atoms with van der Waals surface area (Å²) >= 11 is 0. The van der Waals surface area contributed by atoms with Gasteiger partial charge in [0.1, 0.15) is 30.1 Å². The first-order valence-corrected chi connectivity index (χ1v) is 17.7. The summed E-state index contributed by atoms with van der Waals surface area (Å²) in [7, 11) is -2.64. The van der Waals surface area contributed by atoms with Crippen LogP contribution in [-0.4, -0.2) is 51.8 Å². The molecule has 1 saturated carbocycles. The average Bonchev–Trinajstić information content (AvgIpc) is 3.47. The molecule has 5 aromatic rings. The fraction of sp³-hybridized carbons (Fsp3) is 0.250. The molecule has 2 N–H and O–H groups in total. The van der Waals surface area contributed by atoms with Gasteiger partial charge in [-0.3, -0.25) is 19.0 Å². The predicted octanol–water partition coefficient (Wildman–Crippen LogP) is 4.93. The van der Waals surface area contributed by atoms with Crippen molar-refractivity contribution in [3.05, 3.63) is 125 Å². The van der Waals surface area contributed by atoms with Crippen LogP contribution >= 0.6 is 0 Å². The Morgan fingerprint density at radius 3 is 2.25 bits per heavy atom. The number of carbonyl (C=O) groups excluding carboxylic acids is 2. The van der Waals surface area contributed by atoms with Gasteiger partial charge in [-0.25, -0.2) is 36.6 Å². The normalized spacial score (nSPS) is 14.1. The highest BCUT2D eigenvalue weighted by atomic mass is 32.2. The molecule has 0 unspecified atom stereocenters. The lowest BCUT2D eigenvalue weighted by molar-refractivity contribution is -0.152. The number of halogens is 2. The smallest absolute Gasteiger partial charge is 0.329 e. The minimum absolute atomic E-state index is 0.0440. The summed E-state index contributed by atoms with van der Waals surface area (Å²) in [6.45, 7) is 0. The van der Waals surface area contributed by atoms with Crippen LogP contribution < -0.4 is 15.6 Å². The van der Waals surface area contributed by atoms with Gasteiger partial charge in [-0.1, -0.05) is 30.7 Å². The van der Waals surface area contributed by atoms with Crippen molar-refractivity contribution in [1.29, 1.82) is 0 Å². The molecule has 2 heterocycles. The lowest BCUT2D eigenvalue weighted by atomic mass is 9.97. The van der Waals surface area contributed by atoms with E-state index < -0.39 is 50.8 Å². The third-order valence-electron chi connectivity index (χ3n) is 8.61. The molecule has 1 aliphatic rings. The van der Waals surface area contributed by atoms with Crippen LogP contribution in [0.5, 0.6) is 0 Å². The van der Waals surface area contributed by atoms with E-state index in [0.29, 0.717) is 47.4 Å². The Morgan fingerprint density at radius 1 is 0.922 bits per heavy atom. The SMILES string of the molecule is Cn1ccc(=O)n1-c1ccc(C[C@H](NC(=O)c2cc(F)c(NS(=O)(=O)c3ccc(-c4cncnc4)cc3)cc2F)C(=O)OC2CCCCC2)cc1. The highest BCUT2D eigenvalue weighted by Gasteiger charge is 2.29. The van der Waals surface area contributed by atoms with E-state index >= 15 is 8.78 Å². The van der Waals surface area contributed by atoms with Crippen molar-refractivity contribution >= 4 is 27.6 Å². The maximum Gasteiger partial charge on any atom is 0.329 e. The largest absolute Gasteiger partial charge is 0.461 e. The van der Waals surface area contributed by atoms with Crippen LogP contribution in [0.1, 0.15) is 48.0 Å². The number of nitrogens with zero attached hydrogens (tertiary/aromatic N) is 4. The van der Waals surface area contributed by atoms with Crippen molar-refractivity contribution in [1.82, 2.24) is 24.6 Å². The average molecular weight is 717 g/mol. The molecule has 1 atom stereocenters. The number of esters is 1. The van der Waals surface area contributed by atoms with Gasteiger partial charge in [0, 0.05) is 49.8 Å². The van der Waals surface area contributed by atoms with Crippen molar-refractivity contribution in [2.24, 2.45) is 7.05 Å². The number of carbonyl (C=O) groups is 2. The van der Waals surface area contributed by atoms with Crippen molar-refractivity contribution in [2.45, 2.75) is 55.6 Å². The lowest BCUT2D eigenvalue weighted by Gasteiger charge is -2.25. The molecule has 3 aromatic carbocycles. The van der Waals surface area contributed by atoms with E-state index in [0.717, 1.165) is 19.3 Å². The maximum atomic E-state index is 15.4. The number of anilines is 1. The van der Waals surface area contributed by atoms with Crippen LogP contribution in [-0.2, 0) is 33.0 Å². The molecule has 0 aliphatic heterocycles. The molecule has 2 aromatic heterocycles. The minimum Gasteiger partial charge on any atom is -0.461 e. The molecule has 264 valence electrons. The second kappa shape index (κ2) is 15.0. The molecule has 1 aliphatic carbocycles. The minimum atomic E-state index is -4.36. The molecular formula is C36H34F2N6O6S. The first-order chi connectivity index (χ1) is 24.5. The molecule has 51 heavy (non-hydrogen) atoms. The van der Waals surface area contributed by atoms with E-state index in [9.17, 15) is 22.8 Å². The second-order valence-corrected chi connectivity index (χ2v) is 13.9. The van der Waals surface area contributed by atoms with Crippen LogP contribution in [0.2, 0.25) is 0 Å². The van der Waals surface area contributed by atoms with Crippen molar-refractivity contribution < 1.29 is 31.5 Å². The number of sulfonamides is 1. The fourth-order valence-corrected chi connectivity index (χ4v) is 6.98. The fourth-order valence-electron chi connectivity index (χ4n) is 5.92. The molecule has 0 saturated heterocycles. The quantitative estimate of drug-likeness (QED) is 0.183. The Kier molecular flexibility index (Phi) is 10.4. The van der Waals surface area contributed by atoms with Crippen molar-refractivity contribution in [3.8, 4) is 16.8 Å². The van der Waals surface area contributed by atoms with Crippen LogP contribution in [0.4, 0.5) is 14.5 Å². The first kappa shape index (κ1) is 35.1. The molecule has 6 rings (SSSR count). The zero-order valence-electron chi connectivity index (χ0n) is 27.5. The molecule has 0 bridgehead atoms. The lowest BCUT2D eigenvalue weighted by Crippen LogP contribution is -2.45. The number of hydrogen-bond acceptors (Lipinski definition) is 8. The Labute approximate surface area is 292 Å². The number of rotatable bonds is 11. The topological polar surface area (TPSA) is 154 Å².